The van der Waals surface area contributed by atoms with E-state index in [1.807, 2.05) is 61.5 Å². The van der Waals surface area contributed by atoms with Crippen molar-refractivity contribution in [1.82, 2.24) is 14.8 Å². The molecule has 4 rings (SSSR count). The van der Waals surface area contributed by atoms with Crippen molar-refractivity contribution in [2.24, 2.45) is 0 Å². The molecule has 4 heteroatoms. The maximum absolute atomic E-state index is 9.62. The molecule has 22 heavy (non-hydrogen) atoms. The molecule has 0 N–H and O–H groups in total. The molecule has 0 atom stereocenters. The molecule has 104 valence electrons. The molecule has 0 radical (unpaired) electrons. The Labute approximate surface area is 127 Å². The van der Waals surface area contributed by atoms with E-state index in [1.165, 1.54) is 0 Å². The third-order valence-corrected chi connectivity index (χ3v) is 3.80. The van der Waals surface area contributed by atoms with Gasteiger partial charge < -0.3 is 0 Å². The summed E-state index contributed by atoms with van der Waals surface area (Å²) in [6.07, 6.45) is 0. The second-order valence-electron chi connectivity index (χ2n) is 5.15. The summed E-state index contributed by atoms with van der Waals surface area (Å²) in [5.41, 5.74) is 3.92. The minimum Gasteiger partial charge on any atom is -0.228 e. The Bertz CT molecular complexity index is 1040. The predicted octanol–water partition coefficient (Wildman–Crippen LogP) is 3.75. The summed E-state index contributed by atoms with van der Waals surface area (Å²) in [7, 11) is 0. The zero-order valence-electron chi connectivity index (χ0n) is 12.0. The Morgan fingerprint density at radius 2 is 1.73 bits per heavy atom. The van der Waals surface area contributed by atoms with Gasteiger partial charge in [0.2, 0.25) is 0 Å². The SMILES string of the molecule is Cc1nn(-c2ccccc2)c2nc3ccccc3c(C#N)c12. The number of fused-ring (bicyclic) bond motifs is 2. The standard InChI is InChI=1S/C18H12N4/c1-12-17-15(11-19)14-9-5-6-10-16(14)20-18(17)22(21-12)13-7-3-2-4-8-13/h2-10H,1H3. The van der Waals surface area contributed by atoms with Gasteiger partial charge in [-0.15, -0.1) is 0 Å². The summed E-state index contributed by atoms with van der Waals surface area (Å²) < 4.78 is 1.80. The minimum absolute atomic E-state index is 0.639. The zero-order chi connectivity index (χ0) is 15.1. The predicted molar refractivity (Wildman–Crippen MR) is 85.8 cm³/mol. The van der Waals surface area contributed by atoms with E-state index in [0.29, 0.717) is 5.56 Å². The van der Waals surface area contributed by atoms with Crippen molar-refractivity contribution in [2.45, 2.75) is 6.92 Å². The van der Waals surface area contributed by atoms with Gasteiger partial charge >= 0.3 is 0 Å². The van der Waals surface area contributed by atoms with Gasteiger partial charge in [-0.3, -0.25) is 0 Å². The fourth-order valence-electron chi connectivity index (χ4n) is 2.81. The van der Waals surface area contributed by atoms with Crippen LogP contribution in [0.15, 0.2) is 54.6 Å². The molecule has 0 fully saturated rings. The van der Waals surface area contributed by atoms with Crippen molar-refractivity contribution in [3.05, 3.63) is 65.9 Å². The maximum Gasteiger partial charge on any atom is 0.165 e. The van der Waals surface area contributed by atoms with Gasteiger partial charge in [0.25, 0.3) is 0 Å². The van der Waals surface area contributed by atoms with E-state index in [4.69, 9.17) is 4.98 Å². The quantitative estimate of drug-likeness (QED) is 0.535. The molecule has 0 unspecified atom stereocenters. The topological polar surface area (TPSA) is 54.5 Å². The molecule has 2 aromatic carbocycles. The van der Waals surface area contributed by atoms with Crippen LogP contribution in [0.25, 0.3) is 27.6 Å². The van der Waals surface area contributed by atoms with Crippen LogP contribution in [0.2, 0.25) is 0 Å². The second-order valence-corrected chi connectivity index (χ2v) is 5.15. The monoisotopic (exact) mass is 284 g/mol. The van der Waals surface area contributed by atoms with Gasteiger partial charge in [-0.1, -0.05) is 36.4 Å². The first-order chi connectivity index (χ1) is 10.8. The Morgan fingerprint density at radius 1 is 1.00 bits per heavy atom. The van der Waals surface area contributed by atoms with Crippen LogP contribution < -0.4 is 0 Å². The van der Waals surface area contributed by atoms with Crippen molar-refractivity contribution in [1.29, 1.82) is 5.26 Å². The van der Waals surface area contributed by atoms with Crippen molar-refractivity contribution in [3.8, 4) is 11.8 Å². The largest absolute Gasteiger partial charge is 0.228 e. The average Bonchev–Trinajstić information content (AvgIpc) is 2.90. The van der Waals surface area contributed by atoms with Gasteiger partial charge in [-0.05, 0) is 25.1 Å². The van der Waals surface area contributed by atoms with Crippen LogP contribution in [0.1, 0.15) is 11.3 Å². The van der Waals surface area contributed by atoms with E-state index >= 15 is 0 Å². The number of aromatic nitrogens is 3. The molecule has 4 aromatic rings. The molecule has 0 bridgehead atoms. The smallest absolute Gasteiger partial charge is 0.165 e. The number of nitriles is 1. The van der Waals surface area contributed by atoms with Crippen molar-refractivity contribution in [2.75, 3.05) is 0 Å². The van der Waals surface area contributed by atoms with E-state index in [9.17, 15) is 5.26 Å². The summed E-state index contributed by atoms with van der Waals surface area (Å²) in [5, 5.41) is 15.9. The molecule has 2 heterocycles. The normalized spacial score (nSPS) is 10.9. The molecule has 0 spiro atoms. The highest BCUT2D eigenvalue weighted by atomic mass is 15.3. The summed E-state index contributed by atoms with van der Waals surface area (Å²) >= 11 is 0. The molecule has 4 nitrogen and oxygen atoms in total. The van der Waals surface area contributed by atoms with E-state index in [0.717, 1.165) is 33.3 Å². The molecule has 2 aromatic heterocycles. The molecule has 0 aliphatic rings. The van der Waals surface area contributed by atoms with E-state index in [1.54, 1.807) is 4.68 Å². The van der Waals surface area contributed by atoms with Gasteiger partial charge in [0.05, 0.1) is 27.8 Å². The average molecular weight is 284 g/mol. The minimum atomic E-state index is 0.639. The number of para-hydroxylation sites is 2. The van der Waals surface area contributed by atoms with Gasteiger partial charge in [-0.2, -0.15) is 10.4 Å². The van der Waals surface area contributed by atoms with Crippen molar-refractivity contribution >= 4 is 21.9 Å². The lowest BCUT2D eigenvalue weighted by atomic mass is 10.1. The number of hydrogen-bond acceptors (Lipinski definition) is 3. The Morgan fingerprint density at radius 3 is 2.50 bits per heavy atom. The highest BCUT2D eigenvalue weighted by molar-refractivity contribution is 6.00. The molecule has 0 aliphatic carbocycles. The molecule has 0 amide bonds. The second kappa shape index (κ2) is 4.68. The molecule has 0 aliphatic heterocycles. The zero-order valence-corrected chi connectivity index (χ0v) is 12.0. The van der Waals surface area contributed by atoms with E-state index < -0.39 is 0 Å². The van der Waals surface area contributed by atoms with Gasteiger partial charge in [0.1, 0.15) is 6.07 Å². The number of hydrogen-bond donors (Lipinski definition) is 0. The van der Waals surface area contributed by atoms with E-state index in [2.05, 4.69) is 11.2 Å². The molecule has 0 saturated heterocycles. The Kier molecular flexibility index (Phi) is 2.67. The fraction of sp³-hybridized carbons (Fsp3) is 0.0556. The Hall–Kier alpha value is -3.19. The maximum atomic E-state index is 9.62. The third-order valence-electron chi connectivity index (χ3n) is 3.80. The van der Waals surface area contributed by atoms with Gasteiger partial charge in [-0.25, -0.2) is 9.67 Å². The summed E-state index contributed by atoms with van der Waals surface area (Å²) in [4.78, 5) is 4.73. The first-order valence-corrected chi connectivity index (χ1v) is 7.03. The highest BCUT2D eigenvalue weighted by Gasteiger charge is 2.17. The number of benzene rings is 2. The van der Waals surface area contributed by atoms with Crippen molar-refractivity contribution in [3.63, 3.8) is 0 Å². The highest BCUT2D eigenvalue weighted by Crippen LogP contribution is 2.29. The van der Waals surface area contributed by atoms with Crippen LogP contribution in [-0.2, 0) is 0 Å². The van der Waals surface area contributed by atoms with Crippen LogP contribution in [-0.4, -0.2) is 14.8 Å². The number of nitrogens with zero attached hydrogens (tertiary/aromatic N) is 4. The van der Waals surface area contributed by atoms with Gasteiger partial charge in [0.15, 0.2) is 5.65 Å². The summed E-state index contributed by atoms with van der Waals surface area (Å²) in [5.74, 6) is 0. The summed E-state index contributed by atoms with van der Waals surface area (Å²) in [6.45, 7) is 1.92. The Balaban J connectivity index is 2.19. The lowest BCUT2D eigenvalue weighted by Gasteiger charge is -2.05. The fourth-order valence-corrected chi connectivity index (χ4v) is 2.81. The summed E-state index contributed by atoms with van der Waals surface area (Å²) in [6, 6.07) is 19.9. The number of aryl methyl sites for hydroxylation is 1. The van der Waals surface area contributed by atoms with Crippen molar-refractivity contribution < 1.29 is 0 Å². The lowest BCUT2D eigenvalue weighted by molar-refractivity contribution is 0.879. The molecule has 0 saturated carbocycles. The number of pyridine rings is 1. The van der Waals surface area contributed by atoms with Crippen LogP contribution in [0.5, 0.6) is 0 Å². The molecular weight excluding hydrogens is 272 g/mol. The molecular formula is C18H12N4. The van der Waals surface area contributed by atoms with Gasteiger partial charge in [0, 0.05) is 5.39 Å². The van der Waals surface area contributed by atoms with Crippen LogP contribution in [0.4, 0.5) is 0 Å². The van der Waals surface area contributed by atoms with Crippen LogP contribution >= 0.6 is 0 Å². The third kappa shape index (κ3) is 1.69. The lowest BCUT2D eigenvalue weighted by Crippen LogP contribution is -1.98. The first kappa shape index (κ1) is 12.5. The number of rotatable bonds is 1. The first-order valence-electron chi connectivity index (χ1n) is 7.03. The van der Waals surface area contributed by atoms with Crippen LogP contribution in [0.3, 0.4) is 0 Å². The van der Waals surface area contributed by atoms with E-state index in [-0.39, 0.29) is 0 Å². The van der Waals surface area contributed by atoms with Crippen LogP contribution in [0, 0.1) is 18.3 Å².